The van der Waals surface area contributed by atoms with Gasteiger partial charge < -0.3 is 15.0 Å². The molecule has 1 heterocycles. The Kier molecular flexibility index (Phi) is 6.83. The minimum atomic E-state index is -0.0538. The fraction of sp³-hybridized carbons (Fsp3) is 0.480. The number of methoxy groups -OCH3 is 1. The summed E-state index contributed by atoms with van der Waals surface area (Å²) >= 11 is 0. The van der Waals surface area contributed by atoms with Gasteiger partial charge in [-0.1, -0.05) is 26.0 Å². The number of ether oxygens (including phenoxy) is 1. The van der Waals surface area contributed by atoms with Crippen LogP contribution in [0.25, 0.3) is 0 Å². The second-order valence-corrected chi connectivity index (χ2v) is 8.40. The monoisotopic (exact) mass is 394 g/mol. The van der Waals surface area contributed by atoms with Crippen molar-refractivity contribution in [3.63, 3.8) is 0 Å². The summed E-state index contributed by atoms with van der Waals surface area (Å²) in [7, 11) is 1.68. The first-order valence-electron chi connectivity index (χ1n) is 10.7. The van der Waals surface area contributed by atoms with Gasteiger partial charge in [0.25, 0.3) is 5.91 Å². The van der Waals surface area contributed by atoms with E-state index in [1.165, 1.54) is 24.9 Å². The molecule has 1 aliphatic heterocycles. The molecule has 1 aliphatic rings. The normalized spacial score (nSPS) is 15.3. The molecule has 0 spiro atoms. The van der Waals surface area contributed by atoms with E-state index in [1.807, 2.05) is 26.0 Å². The Hall–Kier alpha value is -2.49. The molecule has 1 N–H and O–H groups in total. The highest BCUT2D eigenvalue weighted by atomic mass is 16.5. The van der Waals surface area contributed by atoms with Crippen LogP contribution in [-0.2, 0) is 0 Å². The van der Waals surface area contributed by atoms with Crippen molar-refractivity contribution in [3.8, 4) is 5.75 Å². The lowest BCUT2D eigenvalue weighted by molar-refractivity contribution is 0.0939. The van der Waals surface area contributed by atoms with Gasteiger partial charge in [0.1, 0.15) is 5.75 Å². The summed E-state index contributed by atoms with van der Waals surface area (Å²) in [5, 5.41) is 3.16. The molecule has 1 amide bonds. The van der Waals surface area contributed by atoms with E-state index in [0.29, 0.717) is 5.56 Å². The molecule has 1 fully saturated rings. The average molecular weight is 395 g/mol. The molecule has 1 atom stereocenters. The van der Waals surface area contributed by atoms with Crippen LogP contribution in [0.4, 0.5) is 5.69 Å². The molecular weight excluding hydrogens is 360 g/mol. The quantitative estimate of drug-likeness (QED) is 0.692. The summed E-state index contributed by atoms with van der Waals surface area (Å²) in [4.78, 5) is 15.4. The molecule has 0 bridgehead atoms. The van der Waals surface area contributed by atoms with Gasteiger partial charge in [-0.15, -0.1) is 0 Å². The summed E-state index contributed by atoms with van der Waals surface area (Å²) < 4.78 is 5.50. The number of hydrogen-bond acceptors (Lipinski definition) is 3. The largest absolute Gasteiger partial charge is 0.496 e. The standard InChI is InChI=1S/C25H34N2O2/c1-17(2)22-16-23(18(3)15-24(22)29-5)25(28)26-19(4)20-9-11-21(12-10-20)27-13-7-6-8-14-27/h9-12,15-17,19H,6-8,13-14H2,1-5H3,(H,26,28)/t19-/m0/s1. The van der Waals surface area contributed by atoms with Crippen LogP contribution in [-0.4, -0.2) is 26.1 Å². The molecular formula is C25H34N2O2. The lowest BCUT2D eigenvalue weighted by atomic mass is 9.95. The van der Waals surface area contributed by atoms with Crippen molar-refractivity contribution < 1.29 is 9.53 Å². The maximum Gasteiger partial charge on any atom is 0.252 e. The number of carbonyl (C=O) groups is 1. The third-order valence-electron chi connectivity index (χ3n) is 5.91. The van der Waals surface area contributed by atoms with E-state index < -0.39 is 0 Å². The van der Waals surface area contributed by atoms with Crippen LogP contribution in [0.5, 0.6) is 5.75 Å². The Morgan fingerprint density at radius 3 is 2.28 bits per heavy atom. The minimum Gasteiger partial charge on any atom is -0.496 e. The molecule has 0 aromatic heterocycles. The van der Waals surface area contributed by atoms with Gasteiger partial charge in [0.05, 0.1) is 13.2 Å². The number of rotatable bonds is 6. The molecule has 4 heteroatoms. The first-order valence-corrected chi connectivity index (χ1v) is 10.7. The van der Waals surface area contributed by atoms with Crippen molar-refractivity contribution in [3.05, 3.63) is 58.7 Å². The number of nitrogens with one attached hydrogen (secondary N) is 1. The molecule has 29 heavy (non-hydrogen) atoms. The number of hydrogen-bond donors (Lipinski definition) is 1. The average Bonchev–Trinajstić information content (AvgIpc) is 2.73. The van der Waals surface area contributed by atoms with Gasteiger partial charge in [-0.2, -0.15) is 0 Å². The highest BCUT2D eigenvalue weighted by molar-refractivity contribution is 5.96. The van der Waals surface area contributed by atoms with Crippen molar-refractivity contribution in [2.45, 2.75) is 58.9 Å². The molecule has 0 saturated carbocycles. The van der Waals surface area contributed by atoms with Crippen LogP contribution in [0.3, 0.4) is 0 Å². The van der Waals surface area contributed by atoms with E-state index in [9.17, 15) is 4.79 Å². The Morgan fingerprint density at radius 2 is 1.69 bits per heavy atom. The molecule has 2 aromatic carbocycles. The summed E-state index contributed by atoms with van der Waals surface area (Å²) in [6.07, 6.45) is 3.88. The summed E-state index contributed by atoms with van der Waals surface area (Å²) in [6, 6.07) is 12.5. The van der Waals surface area contributed by atoms with Gasteiger partial charge in [-0.3, -0.25) is 4.79 Å². The van der Waals surface area contributed by atoms with E-state index in [1.54, 1.807) is 7.11 Å². The van der Waals surface area contributed by atoms with E-state index in [4.69, 9.17) is 4.74 Å². The van der Waals surface area contributed by atoms with Gasteiger partial charge in [0.2, 0.25) is 0 Å². The lowest BCUT2D eigenvalue weighted by Gasteiger charge is -2.29. The highest BCUT2D eigenvalue weighted by Crippen LogP contribution is 2.30. The maximum absolute atomic E-state index is 13.0. The molecule has 0 radical (unpaired) electrons. The van der Waals surface area contributed by atoms with Gasteiger partial charge >= 0.3 is 0 Å². The van der Waals surface area contributed by atoms with Crippen molar-refractivity contribution in [1.29, 1.82) is 0 Å². The molecule has 0 aliphatic carbocycles. The van der Waals surface area contributed by atoms with Crippen molar-refractivity contribution in [2.24, 2.45) is 0 Å². The van der Waals surface area contributed by atoms with Crippen molar-refractivity contribution in [2.75, 3.05) is 25.1 Å². The lowest BCUT2D eigenvalue weighted by Crippen LogP contribution is -2.29. The van der Waals surface area contributed by atoms with Crippen LogP contribution < -0.4 is 15.0 Å². The third-order valence-corrected chi connectivity index (χ3v) is 5.91. The van der Waals surface area contributed by atoms with Crippen LogP contribution in [0.15, 0.2) is 36.4 Å². The summed E-state index contributed by atoms with van der Waals surface area (Å²) in [5.74, 6) is 1.09. The fourth-order valence-electron chi connectivity index (χ4n) is 4.05. The molecule has 156 valence electrons. The van der Waals surface area contributed by atoms with E-state index in [2.05, 4.69) is 48.3 Å². The van der Waals surface area contributed by atoms with Crippen molar-refractivity contribution in [1.82, 2.24) is 5.32 Å². The molecule has 0 unspecified atom stereocenters. The third kappa shape index (κ3) is 4.92. The first-order chi connectivity index (χ1) is 13.9. The predicted molar refractivity (Wildman–Crippen MR) is 120 cm³/mol. The second-order valence-electron chi connectivity index (χ2n) is 8.40. The Balaban J connectivity index is 1.72. The van der Waals surface area contributed by atoms with Gasteiger partial charge in [0, 0.05) is 24.3 Å². The molecule has 1 saturated heterocycles. The smallest absolute Gasteiger partial charge is 0.252 e. The molecule has 2 aromatic rings. The van der Waals surface area contributed by atoms with Gasteiger partial charge in [0.15, 0.2) is 0 Å². The highest BCUT2D eigenvalue weighted by Gasteiger charge is 2.18. The topological polar surface area (TPSA) is 41.6 Å². The van der Waals surface area contributed by atoms with Gasteiger partial charge in [-0.25, -0.2) is 0 Å². The number of nitrogens with zero attached hydrogens (tertiary/aromatic N) is 1. The summed E-state index contributed by atoms with van der Waals surface area (Å²) in [6.45, 7) is 10.5. The number of aryl methyl sites for hydroxylation is 1. The first kappa shape index (κ1) is 21.2. The second kappa shape index (κ2) is 9.34. The zero-order valence-corrected chi connectivity index (χ0v) is 18.4. The number of anilines is 1. The van der Waals surface area contributed by atoms with E-state index in [-0.39, 0.29) is 17.9 Å². The predicted octanol–water partition coefficient (Wildman–Crippen LogP) is 5.61. The Bertz CT molecular complexity index is 837. The number of piperidine rings is 1. The van der Waals surface area contributed by atoms with Crippen LogP contribution >= 0.6 is 0 Å². The van der Waals surface area contributed by atoms with Gasteiger partial charge in [-0.05, 0) is 80.0 Å². The molecule has 4 nitrogen and oxygen atoms in total. The van der Waals surface area contributed by atoms with Crippen LogP contribution in [0.2, 0.25) is 0 Å². The number of benzene rings is 2. The van der Waals surface area contributed by atoms with E-state index in [0.717, 1.165) is 35.5 Å². The SMILES string of the molecule is COc1cc(C)c(C(=O)N[C@@H](C)c2ccc(N3CCCCC3)cc2)cc1C(C)C. The van der Waals surface area contributed by atoms with Crippen molar-refractivity contribution >= 4 is 11.6 Å². The fourth-order valence-corrected chi connectivity index (χ4v) is 4.05. The van der Waals surface area contributed by atoms with Crippen LogP contribution in [0, 0.1) is 6.92 Å². The number of amides is 1. The summed E-state index contributed by atoms with van der Waals surface area (Å²) in [5.41, 5.74) is 5.10. The zero-order valence-electron chi connectivity index (χ0n) is 18.4. The zero-order chi connectivity index (χ0) is 21.0. The Labute approximate surface area is 175 Å². The van der Waals surface area contributed by atoms with Crippen LogP contribution in [0.1, 0.15) is 79.0 Å². The maximum atomic E-state index is 13.0. The number of carbonyl (C=O) groups excluding carboxylic acids is 1. The molecule has 3 rings (SSSR count). The minimum absolute atomic E-state index is 0.0420. The van der Waals surface area contributed by atoms with E-state index >= 15 is 0 Å². The Morgan fingerprint density at radius 1 is 1.03 bits per heavy atom.